The van der Waals surface area contributed by atoms with Gasteiger partial charge in [0.05, 0.1) is 16.9 Å². The Labute approximate surface area is 136 Å². The van der Waals surface area contributed by atoms with Gasteiger partial charge in [0.15, 0.2) is 10.8 Å². The van der Waals surface area contributed by atoms with Crippen molar-refractivity contribution in [1.82, 2.24) is 19.7 Å². The lowest BCUT2D eigenvalue weighted by molar-refractivity contribution is 0.213. The molecule has 0 bridgehead atoms. The molecular weight excluding hydrogens is 316 g/mol. The van der Waals surface area contributed by atoms with E-state index in [1.165, 1.54) is 11.3 Å². The number of aromatic nitrogens is 4. The highest BCUT2D eigenvalue weighted by Gasteiger charge is 2.15. The normalized spacial score (nSPS) is 10.3. The SMILES string of the molecule is Cc1nc(OC(=O)Nc2ccn(C)n2)c(Nc2cccnc2)s1. The van der Waals surface area contributed by atoms with E-state index < -0.39 is 6.09 Å². The van der Waals surface area contributed by atoms with Crippen LogP contribution in [0, 0.1) is 6.92 Å². The minimum absolute atomic E-state index is 0.213. The van der Waals surface area contributed by atoms with Gasteiger partial charge in [-0.15, -0.1) is 0 Å². The number of thiazole rings is 1. The van der Waals surface area contributed by atoms with Crippen LogP contribution in [0.5, 0.6) is 5.88 Å². The van der Waals surface area contributed by atoms with Crippen molar-refractivity contribution >= 4 is 33.9 Å². The fourth-order valence-electron chi connectivity index (χ4n) is 1.82. The molecule has 3 heterocycles. The lowest BCUT2D eigenvalue weighted by Crippen LogP contribution is -2.17. The number of ether oxygens (including phenoxy) is 1. The number of carbonyl (C=O) groups excluding carboxylic acids is 1. The van der Waals surface area contributed by atoms with Crippen molar-refractivity contribution in [2.24, 2.45) is 7.05 Å². The van der Waals surface area contributed by atoms with Crippen molar-refractivity contribution in [1.29, 1.82) is 0 Å². The first-order valence-corrected chi connectivity index (χ1v) is 7.55. The second-order valence-electron chi connectivity index (χ2n) is 4.62. The molecule has 0 saturated heterocycles. The van der Waals surface area contributed by atoms with E-state index in [-0.39, 0.29) is 5.88 Å². The number of amides is 1. The summed E-state index contributed by atoms with van der Waals surface area (Å²) in [5.74, 6) is 0.621. The second-order valence-corrected chi connectivity index (χ2v) is 5.83. The van der Waals surface area contributed by atoms with E-state index in [0.717, 1.165) is 10.7 Å². The molecule has 3 rings (SSSR count). The molecule has 0 aliphatic rings. The van der Waals surface area contributed by atoms with Crippen molar-refractivity contribution in [3.63, 3.8) is 0 Å². The third-order valence-corrected chi connectivity index (χ3v) is 3.62. The van der Waals surface area contributed by atoms with Crippen LogP contribution in [-0.2, 0) is 7.05 Å². The fourth-order valence-corrected chi connectivity index (χ4v) is 2.59. The summed E-state index contributed by atoms with van der Waals surface area (Å²) in [6, 6.07) is 5.34. The lowest BCUT2D eigenvalue weighted by atomic mass is 10.4. The molecule has 0 aromatic carbocycles. The summed E-state index contributed by atoms with van der Waals surface area (Å²) in [5.41, 5.74) is 0.783. The van der Waals surface area contributed by atoms with E-state index in [0.29, 0.717) is 10.8 Å². The molecule has 0 aliphatic heterocycles. The van der Waals surface area contributed by atoms with Crippen molar-refractivity contribution in [2.75, 3.05) is 10.6 Å². The van der Waals surface area contributed by atoms with Crippen molar-refractivity contribution < 1.29 is 9.53 Å². The number of aryl methyl sites for hydroxylation is 2. The number of anilines is 3. The van der Waals surface area contributed by atoms with Crippen LogP contribution < -0.4 is 15.4 Å². The zero-order valence-electron chi connectivity index (χ0n) is 12.5. The van der Waals surface area contributed by atoms with Gasteiger partial charge < -0.3 is 10.1 Å². The zero-order valence-corrected chi connectivity index (χ0v) is 13.3. The van der Waals surface area contributed by atoms with Gasteiger partial charge in [0.1, 0.15) is 0 Å². The Morgan fingerprint density at radius 1 is 1.39 bits per heavy atom. The highest BCUT2D eigenvalue weighted by atomic mass is 32.1. The summed E-state index contributed by atoms with van der Waals surface area (Å²) in [5, 5.41) is 11.1. The van der Waals surface area contributed by atoms with Gasteiger partial charge in [-0.25, -0.2) is 9.78 Å². The molecule has 0 unspecified atom stereocenters. The number of nitrogens with one attached hydrogen (secondary N) is 2. The Bertz CT molecular complexity index is 814. The monoisotopic (exact) mass is 330 g/mol. The van der Waals surface area contributed by atoms with Crippen molar-refractivity contribution in [3.05, 3.63) is 41.8 Å². The van der Waals surface area contributed by atoms with Gasteiger partial charge >= 0.3 is 6.09 Å². The Balaban J connectivity index is 1.71. The Morgan fingerprint density at radius 2 is 2.26 bits per heavy atom. The maximum Gasteiger partial charge on any atom is 0.419 e. The van der Waals surface area contributed by atoms with Gasteiger partial charge in [-0.1, -0.05) is 11.3 Å². The molecule has 2 N–H and O–H groups in total. The van der Waals surface area contributed by atoms with E-state index in [4.69, 9.17) is 4.74 Å². The minimum Gasteiger partial charge on any atom is -0.388 e. The highest BCUT2D eigenvalue weighted by Crippen LogP contribution is 2.33. The van der Waals surface area contributed by atoms with Gasteiger partial charge in [-0.2, -0.15) is 5.10 Å². The summed E-state index contributed by atoms with van der Waals surface area (Å²) >= 11 is 1.39. The zero-order chi connectivity index (χ0) is 16.2. The van der Waals surface area contributed by atoms with E-state index >= 15 is 0 Å². The predicted molar refractivity (Wildman–Crippen MR) is 87.2 cm³/mol. The number of nitrogens with zero attached hydrogens (tertiary/aromatic N) is 4. The van der Waals surface area contributed by atoms with Crippen LogP contribution in [0.2, 0.25) is 0 Å². The van der Waals surface area contributed by atoms with Crippen molar-refractivity contribution in [2.45, 2.75) is 6.92 Å². The molecule has 0 atom stereocenters. The van der Waals surface area contributed by atoms with Gasteiger partial charge in [-0.3, -0.25) is 15.0 Å². The van der Waals surface area contributed by atoms with Gasteiger partial charge in [0.2, 0.25) is 0 Å². The van der Waals surface area contributed by atoms with E-state index in [9.17, 15) is 4.79 Å². The largest absolute Gasteiger partial charge is 0.419 e. The van der Waals surface area contributed by atoms with Crippen LogP contribution in [0.15, 0.2) is 36.8 Å². The van der Waals surface area contributed by atoms with Crippen LogP contribution in [0.3, 0.4) is 0 Å². The number of hydrogen-bond donors (Lipinski definition) is 2. The summed E-state index contributed by atoms with van der Waals surface area (Å²) in [4.78, 5) is 20.2. The van der Waals surface area contributed by atoms with Crippen LogP contribution in [0.25, 0.3) is 0 Å². The fraction of sp³-hybridized carbons (Fsp3) is 0.143. The molecule has 0 fully saturated rings. The highest BCUT2D eigenvalue weighted by molar-refractivity contribution is 7.16. The predicted octanol–water partition coefficient (Wildman–Crippen LogP) is 2.93. The number of carbonyl (C=O) groups is 1. The quantitative estimate of drug-likeness (QED) is 0.764. The first kappa shape index (κ1) is 15.0. The first-order valence-electron chi connectivity index (χ1n) is 6.73. The first-order chi connectivity index (χ1) is 11.1. The molecule has 118 valence electrons. The third kappa shape index (κ3) is 3.83. The number of hydrogen-bond acceptors (Lipinski definition) is 7. The van der Waals surface area contributed by atoms with Crippen LogP contribution in [-0.4, -0.2) is 25.8 Å². The molecule has 0 saturated carbocycles. The Kier molecular flexibility index (Phi) is 4.20. The van der Waals surface area contributed by atoms with Gasteiger partial charge in [0, 0.05) is 25.5 Å². The van der Waals surface area contributed by atoms with E-state index in [2.05, 4.69) is 25.7 Å². The van der Waals surface area contributed by atoms with Crippen LogP contribution in [0.4, 0.5) is 21.3 Å². The lowest BCUT2D eigenvalue weighted by Gasteiger charge is -2.06. The summed E-state index contributed by atoms with van der Waals surface area (Å²) in [6.45, 7) is 1.84. The molecule has 3 aromatic heterocycles. The van der Waals surface area contributed by atoms with Crippen molar-refractivity contribution in [3.8, 4) is 5.88 Å². The van der Waals surface area contributed by atoms with E-state index in [1.807, 2.05) is 19.1 Å². The third-order valence-electron chi connectivity index (χ3n) is 2.76. The second kappa shape index (κ2) is 6.44. The van der Waals surface area contributed by atoms with Gasteiger partial charge in [-0.05, 0) is 19.1 Å². The van der Waals surface area contributed by atoms with Gasteiger partial charge in [0.25, 0.3) is 5.88 Å². The standard InChI is InChI=1S/C14H14N6O2S/c1-9-16-12(13(23-9)17-10-4-3-6-15-8-10)22-14(21)18-11-5-7-20(2)19-11/h3-8,17H,1-2H3,(H,18,19,21). The average Bonchev–Trinajstić information content (AvgIpc) is 3.06. The number of pyridine rings is 1. The maximum atomic E-state index is 11.9. The Hall–Kier alpha value is -2.94. The summed E-state index contributed by atoms with van der Waals surface area (Å²) < 4.78 is 6.85. The van der Waals surface area contributed by atoms with Crippen LogP contribution in [0.1, 0.15) is 5.01 Å². The molecule has 0 radical (unpaired) electrons. The van der Waals surface area contributed by atoms with E-state index in [1.54, 1.807) is 36.4 Å². The molecule has 0 aliphatic carbocycles. The maximum absolute atomic E-state index is 11.9. The topological polar surface area (TPSA) is 94.0 Å². The molecule has 0 spiro atoms. The molecule has 23 heavy (non-hydrogen) atoms. The smallest absolute Gasteiger partial charge is 0.388 e. The minimum atomic E-state index is -0.650. The Morgan fingerprint density at radius 3 is 2.96 bits per heavy atom. The summed E-state index contributed by atoms with van der Waals surface area (Å²) in [6.07, 6.45) is 4.43. The summed E-state index contributed by atoms with van der Waals surface area (Å²) in [7, 11) is 1.76. The average molecular weight is 330 g/mol. The van der Waals surface area contributed by atoms with Crippen LogP contribution >= 0.6 is 11.3 Å². The molecule has 3 aromatic rings. The molecular formula is C14H14N6O2S. The molecule has 1 amide bonds. The molecule has 8 nitrogen and oxygen atoms in total. The molecule has 9 heteroatoms. The number of rotatable bonds is 4.